The topological polar surface area (TPSA) is 49.8 Å². The number of hydrogen-bond acceptors (Lipinski definition) is 3. The molecule has 118 valence electrons. The van der Waals surface area contributed by atoms with E-state index in [0.717, 1.165) is 43.7 Å². The first-order chi connectivity index (χ1) is 10.1. The second-order valence-electron chi connectivity index (χ2n) is 5.34. The van der Waals surface area contributed by atoms with Gasteiger partial charge in [0.1, 0.15) is 5.75 Å². The van der Waals surface area contributed by atoms with E-state index in [2.05, 4.69) is 18.7 Å². The molecule has 0 fully saturated rings. The molecule has 0 saturated heterocycles. The van der Waals surface area contributed by atoms with Crippen LogP contribution in [0.3, 0.4) is 0 Å². The van der Waals surface area contributed by atoms with Crippen molar-refractivity contribution in [3.63, 3.8) is 0 Å². The molecule has 1 unspecified atom stereocenters. The first-order valence-electron chi connectivity index (χ1n) is 7.69. The molecule has 0 bridgehead atoms. The number of aliphatic carboxylic acids is 1. The Balaban J connectivity index is 2.81. The molecule has 1 aromatic carbocycles. The van der Waals surface area contributed by atoms with Gasteiger partial charge < -0.3 is 9.84 Å². The first-order valence-corrected chi connectivity index (χ1v) is 7.69. The lowest BCUT2D eigenvalue weighted by molar-refractivity contribution is -0.138. The van der Waals surface area contributed by atoms with Gasteiger partial charge in [0, 0.05) is 6.04 Å². The fourth-order valence-electron chi connectivity index (χ4n) is 2.62. The predicted octanol–water partition coefficient (Wildman–Crippen LogP) is 3.20. The molecule has 0 amide bonds. The van der Waals surface area contributed by atoms with Crippen LogP contribution in [0.1, 0.15) is 38.7 Å². The minimum Gasteiger partial charge on any atom is -0.497 e. The number of benzene rings is 1. The van der Waals surface area contributed by atoms with Gasteiger partial charge in [0.2, 0.25) is 0 Å². The van der Waals surface area contributed by atoms with Crippen molar-refractivity contribution >= 4 is 5.97 Å². The summed E-state index contributed by atoms with van der Waals surface area (Å²) in [6, 6.07) is 7.94. The molecule has 1 rings (SSSR count). The molecule has 21 heavy (non-hydrogen) atoms. The Hall–Kier alpha value is -1.55. The lowest BCUT2D eigenvalue weighted by Crippen LogP contribution is -2.39. The van der Waals surface area contributed by atoms with Gasteiger partial charge in [-0.3, -0.25) is 9.69 Å². The zero-order chi connectivity index (χ0) is 15.7. The second-order valence-corrected chi connectivity index (χ2v) is 5.34. The summed E-state index contributed by atoms with van der Waals surface area (Å²) in [5, 5.41) is 9.18. The molecule has 0 aliphatic heterocycles. The molecule has 0 aromatic heterocycles. The van der Waals surface area contributed by atoms with E-state index in [-0.39, 0.29) is 12.5 Å². The summed E-state index contributed by atoms with van der Waals surface area (Å²) in [6.45, 7) is 6.16. The number of hydrogen-bond donors (Lipinski definition) is 1. The molecule has 1 atom stereocenters. The Bertz CT molecular complexity index is 411. The maximum absolute atomic E-state index is 11.2. The van der Waals surface area contributed by atoms with E-state index in [4.69, 9.17) is 4.74 Å². The average Bonchev–Trinajstić information content (AvgIpc) is 2.46. The minimum absolute atomic E-state index is 0.0517. The van der Waals surface area contributed by atoms with Gasteiger partial charge in [-0.05, 0) is 50.0 Å². The van der Waals surface area contributed by atoms with Crippen molar-refractivity contribution in [1.29, 1.82) is 0 Å². The van der Waals surface area contributed by atoms with Crippen LogP contribution < -0.4 is 4.74 Å². The third kappa shape index (κ3) is 6.17. The van der Waals surface area contributed by atoms with Crippen molar-refractivity contribution < 1.29 is 14.6 Å². The van der Waals surface area contributed by atoms with Crippen LogP contribution in [0.4, 0.5) is 0 Å². The van der Waals surface area contributed by atoms with E-state index in [9.17, 15) is 9.90 Å². The highest BCUT2D eigenvalue weighted by atomic mass is 16.5. The van der Waals surface area contributed by atoms with Gasteiger partial charge in [0.15, 0.2) is 0 Å². The van der Waals surface area contributed by atoms with Crippen LogP contribution in [-0.2, 0) is 11.2 Å². The lowest BCUT2D eigenvalue weighted by Gasteiger charge is -2.30. The van der Waals surface area contributed by atoms with E-state index < -0.39 is 5.97 Å². The summed E-state index contributed by atoms with van der Waals surface area (Å²) in [7, 11) is 1.65. The highest BCUT2D eigenvalue weighted by Gasteiger charge is 2.20. The Kier molecular flexibility index (Phi) is 7.83. The van der Waals surface area contributed by atoms with Crippen LogP contribution in [0.15, 0.2) is 24.3 Å². The third-order valence-corrected chi connectivity index (χ3v) is 3.58. The summed E-state index contributed by atoms with van der Waals surface area (Å²) < 4.78 is 5.16. The highest BCUT2D eigenvalue weighted by molar-refractivity contribution is 5.67. The number of carbonyl (C=O) groups is 1. The largest absolute Gasteiger partial charge is 0.497 e. The molecule has 1 aromatic rings. The lowest BCUT2D eigenvalue weighted by atomic mass is 10.0. The normalized spacial score (nSPS) is 12.4. The van der Waals surface area contributed by atoms with Crippen LogP contribution in [-0.4, -0.2) is 42.2 Å². The zero-order valence-corrected chi connectivity index (χ0v) is 13.3. The quantitative estimate of drug-likeness (QED) is 0.719. The van der Waals surface area contributed by atoms with Crippen LogP contribution >= 0.6 is 0 Å². The number of nitrogens with zero attached hydrogens (tertiary/aromatic N) is 1. The number of carboxylic acids is 1. The van der Waals surface area contributed by atoms with Crippen molar-refractivity contribution in [3.8, 4) is 5.75 Å². The standard InChI is InChI=1S/C17H27NO3/c1-4-10-18(11-5-2)15(13-17(19)20)12-14-6-8-16(21-3)9-7-14/h6-9,15H,4-5,10-13H2,1-3H3,(H,19,20). The van der Waals surface area contributed by atoms with Crippen molar-refractivity contribution in [1.82, 2.24) is 4.90 Å². The molecule has 4 heteroatoms. The van der Waals surface area contributed by atoms with Crippen LogP contribution in [0.2, 0.25) is 0 Å². The van der Waals surface area contributed by atoms with Gasteiger partial charge in [-0.15, -0.1) is 0 Å². The van der Waals surface area contributed by atoms with E-state index in [1.165, 1.54) is 0 Å². The molecular formula is C17H27NO3. The molecule has 1 N–H and O–H groups in total. The Morgan fingerprint density at radius 2 is 1.76 bits per heavy atom. The van der Waals surface area contributed by atoms with Gasteiger partial charge in [0.25, 0.3) is 0 Å². The van der Waals surface area contributed by atoms with E-state index >= 15 is 0 Å². The second kappa shape index (κ2) is 9.40. The summed E-state index contributed by atoms with van der Waals surface area (Å²) in [5.41, 5.74) is 1.15. The Morgan fingerprint density at radius 3 is 2.19 bits per heavy atom. The van der Waals surface area contributed by atoms with E-state index in [0.29, 0.717) is 0 Å². The smallest absolute Gasteiger partial charge is 0.304 e. The predicted molar refractivity (Wildman–Crippen MR) is 84.9 cm³/mol. The number of rotatable bonds is 10. The highest BCUT2D eigenvalue weighted by Crippen LogP contribution is 2.17. The summed E-state index contributed by atoms with van der Waals surface area (Å²) in [4.78, 5) is 13.5. The fraction of sp³-hybridized carbons (Fsp3) is 0.588. The zero-order valence-electron chi connectivity index (χ0n) is 13.3. The van der Waals surface area contributed by atoms with Crippen LogP contribution in [0, 0.1) is 0 Å². The van der Waals surface area contributed by atoms with Crippen LogP contribution in [0.25, 0.3) is 0 Å². The Morgan fingerprint density at radius 1 is 1.19 bits per heavy atom. The van der Waals surface area contributed by atoms with Crippen molar-refractivity contribution in [2.45, 2.75) is 45.6 Å². The van der Waals surface area contributed by atoms with Crippen molar-refractivity contribution in [3.05, 3.63) is 29.8 Å². The number of ether oxygens (including phenoxy) is 1. The maximum Gasteiger partial charge on any atom is 0.304 e. The molecule has 0 aliphatic carbocycles. The molecule has 0 saturated carbocycles. The first kappa shape index (κ1) is 17.5. The van der Waals surface area contributed by atoms with Crippen molar-refractivity contribution in [2.24, 2.45) is 0 Å². The summed E-state index contributed by atoms with van der Waals surface area (Å²) in [5.74, 6) is 0.0956. The monoisotopic (exact) mass is 293 g/mol. The molecule has 0 aliphatic rings. The molecule has 4 nitrogen and oxygen atoms in total. The Labute approximate surface area is 127 Å². The maximum atomic E-state index is 11.2. The van der Waals surface area contributed by atoms with Gasteiger partial charge >= 0.3 is 5.97 Å². The number of carboxylic acid groups (broad SMARTS) is 1. The van der Waals surface area contributed by atoms with Gasteiger partial charge in [0.05, 0.1) is 13.5 Å². The molecule has 0 heterocycles. The fourth-order valence-corrected chi connectivity index (χ4v) is 2.62. The summed E-state index contributed by atoms with van der Waals surface area (Å²) >= 11 is 0. The summed E-state index contributed by atoms with van der Waals surface area (Å²) in [6.07, 6.45) is 3.03. The van der Waals surface area contributed by atoms with Gasteiger partial charge in [-0.25, -0.2) is 0 Å². The molecular weight excluding hydrogens is 266 g/mol. The third-order valence-electron chi connectivity index (χ3n) is 3.58. The minimum atomic E-state index is -0.731. The SMILES string of the molecule is CCCN(CCC)C(CC(=O)O)Cc1ccc(OC)cc1. The molecule has 0 radical (unpaired) electrons. The molecule has 0 spiro atoms. The average molecular weight is 293 g/mol. The van der Waals surface area contributed by atoms with Gasteiger partial charge in [-0.1, -0.05) is 26.0 Å². The van der Waals surface area contributed by atoms with E-state index in [1.54, 1.807) is 7.11 Å². The number of methoxy groups -OCH3 is 1. The van der Waals surface area contributed by atoms with Crippen LogP contribution in [0.5, 0.6) is 5.75 Å². The van der Waals surface area contributed by atoms with E-state index in [1.807, 2.05) is 24.3 Å². The van der Waals surface area contributed by atoms with Gasteiger partial charge in [-0.2, -0.15) is 0 Å². The van der Waals surface area contributed by atoms with Crippen molar-refractivity contribution in [2.75, 3.05) is 20.2 Å².